The molecule has 0 aliphatic rings. The molecular formula is C30H45NO7. The maximum atomic E-state index is 12.8. The van der Waals surface area contributed by atoms with Gasteiger partial charge in [0.2, 0.25) is 0 Å². The molecule has 38 heavy (non-hydrogen) atoms. The topological polar surface area (TPSA) is 96.2 Å². The van der Waals surface area contributed by atoms with Crippen molar-refractivity contribution >= 4 is 11.9 Å². The number of carboxylic acid groups (broad SMARTS) is 1. The van der Waals surface area contributed by atoms with Crippen LogP contribution < -0.4 is 4.74 Å². The van der Waals surface area contributed by atoms with Crippen LogP contribution in [0.1, 0.15) is 82.4 Å². The van der Waals surface area contributed by atoms with Crippen LogP contribution in [0, 0.1) is 0 Å². The number of carboxylic acids is 1. The smallest absolute Gasteiger partial charge is 0.340 e. The first kappa shape index (κ1) is 31.4. The Morgan fingerprint density at radius 2 is 1.71 bits per heavy atom. The average Bonchev–Trinajstić information content (AvgIpc) is 3.23. The van der Waals surface area contributed by atoms with E-state index in [-0.39, 0.29) is 12.1 Å². The molecule has 1 aromatic heterocycles. The Kier molecular flexibility index (Phi) is 12.8. The van der Waals surface area contributed by atoms with Gasteiger partial charge in [0.1, 0.15) is 11.4 Å². The minimum atomic E-state index is -0.970. The molecule has 0 aliphatic heterocycles. The fraction of sp³-hybridized carbons (Fsp3) is 0.600. The summed E-state index contributed by atoms with van der Waals surface area (Å²) in [6, 6.07) is 9.22. The van der Waals surface area contributed by atoms with Gasteiger partial charge in [0.25, 0.3) is 0 Å². The van der Waals surface area contributed by atoms with Gasteiger partial charge in [0.15, 0.2) is 6.10 Å². The number of carbonyl (C=O) groups is 2. The SMILES string of the molecule is CCCCOCCn1ccc(C(=O)OC(C)(C)C)c1CCCOc1ccc(CC(OC(C)C)C(=O)O)cc1. The first-order chi connectivity index (χ1) is 18.0. The van der Waals surface area contributed by atoms with Crippen LogP contribution in [0.15, 0.2) is 36.5 Å². The van der Waals surface area contributed by atoms with Crippen molar-refractivity contribution < 1.29 is 33.6 Å². The van der Waals surface area contributed by atoms with Crippen molar-refractivity contribution in [2.45, 2.75) is 98.0 Å². The summed E-state index contributed by atoms with van der Waals surface area (Å²) in [7, 11) is 0. The molecule has 1 unspecified atom stereocenters. The van der Waals surface area contributed by atoms with Crippen LogP contribution in [0.4, 0.5) is 0 Å². The van der Waals surface area contributed by atoms with Crippen molar-refractivity contribution in [3.8, 4) is 5.75 Å². The Hall–Kier alpha value is -2.84. The summed E-state index contributed by atoms with van der Waals surface area (Å²) in [5.74, 6) is -0.588. The largest absolute Gasteiger partial charge is 0.494 e. The highest BCUT2D eigenvalue weighted by atomic mass is 16.6. The summed E-state index contributed by atoms with van der Waals surface area (Å²) in [6.45, 7) is 13.8. The normalized spacial score (nSPS) is 12.5. The van der Waals surface area contributed by atoms with Crippen molar-refractivity contribution in [1.82, 2.24) is 4.57 Å². The molecule has 212 valence electrons. The molecule has 0 bridgehead atoms. The summed E-state index contributed by atoms with van der Waals surface area (Å²) in [6.07, 6.45) is 4.66. The standard InChI is InChI=1S/C30H45NO7/c1-7-8-18-35-20-17-31-16-15-25(29(34)38-30(4,5)6)26(31)10-9-19-36-24-13-11-23(12-14-24)21-27(28(32)33)37-22(2)3/h11-16,22,27H,7-10,17-21H2,1-6H3,(H,32,33). The van der Waals surface area contributed by atoms with Gasteiger partial charge in [-0.25, -0.2) is 9.59 Å². The van der Waals surface area contributed by atoms with Crippen molar-refractivity contribution in [2.24, 2.45) is 0 Å². The third kappa shape index (κ3) is 11.3. The van der Waals surface area contributed by atoms with E-state index in [1.165, 1.54) is 0 Å². The number of aromatic nitrogens is 1. The van der Waals surface area contributed by atoms with Gasteiger partial charge in [0.05, 0.1) is 24.9 Å². The Morgan fingerprint density at radius 1 is 1.00 bits per heavy atom. The quantitative estimate of drug-likeness (QED) is 0.207. The Labute approximate surface area is 227 Å². The summed E-state index contributed by atoms with van der Waals surface area (Å²) >= 11 is 0. The molecule has 0 radical (unpaired) electrons. The van der Waals surface area contributed by atoms with Crippen LogP contribution in [-0.4, -0.2) is 59.2 Å². The Morgan fingerprint density at radius 3 is 2.32 bits per heavy atom. The number of ether oxygens (including phenoxy) is 4. The molecule has 1 N–H and O–H groups in total. The number of nitrogens with zero attached hydrogens (tertiary/aromatic N) is 1. The van der Waals surface area contributed by atoms with E-state index >= 15 is 0 Å². The molecule has 8 heteroatoms. The zero-order valence-electron chi connectivity index (χ0n) is 23.8. The van der Waals surface area contributed by atoms with Crippen molar-refractivity contribution in [2.75, 3.05) is 19.8 Å². The maximum Gasteiger partial charge on any atom is 0.340 e. The van der Waals surface area contributed by atoms with Crippen LogP contribution in [0.2, 0.25) is 0 Å². The molecule has 0 amide bonds. The number of esters is 1. The monoisotopic (exact) mass is 531 g/mol. The van der Waals surface area contributed by atoms with Gasteiger partial charge < -0.3 is 28.6 Å². The predicted octanol–water partition coefficient (Wildman–Crippen LogP) is 5.69. The third-order valence-corrected chi connectivity index (χ3v) is 5.70. The van der Waals surface area contributed by atoms with E-state index in [2.05, 4.69) is 11.5 Å². The fourth-order valence-electron chi connectivity index (χ4n) is 3.91. The summed E-state index contributed by atoms with van der Waals surface area (Å²) in [5, 5.41) is 9.38. The van der Waals surface area contributed by atoms with Crippen LogP contribution >= 0.6 is 0 Å². The summed E-state index contributed by atoms with van der Waals surface area (Å²) < 4.78 is 24.8. The minimum absolute atomic E-state index is 0.163. The van der Waals surface area contributed by atoms with Gasteiger partial charge in [-0.1, -0.05) is 25.5 Å². The molecule has 2 rings (SSSR count). The van der Waals surface area contributed by atoms with Gasteiger partial charge in [-0.3, -0.25) is 0 Å². The molecule has 8 nitrogen and oxygen atoms in total. The number of hydrogen-bond acceptors (Lipinski definition) is 6. The highest BCUT2D eigenvalue weighted by Crippen LogP contribution is 2.20. The van der Waals surface area contributed by atoms with Gasteiger partial charge in [-0.2, -0.15) is 0 Å². The molecule has 0 fully saturated rings. The van der Waals surface area contributed by atoms with E-state index in [1.54, 1.807) is 0 Å². The van der Waals surface area contributed by atoms with Crippen LogP contribution in [0.25, 0.3) is 0 Å². The fourth-order valence-corrected chi connectivity index (χ4v) is 3.91. The van der Waals surface area contributed by atoms with E-state index < -0.39 is 17.7 Å². The van der Waals surface area contributed by atoms with E-state index in [9.17, 15) is 14.7 Å². The first-order valence-corrected chi connectivity index (χ1v) is 13.6. The molecular weight excluding hydrogens is 486 g/mol. The van der Waals surface area contributed by atoms with Crippen LogP contribution in [-0.2, 0) is 38.4 Å². The highest BCUT2D eigenvalue weighted by molar-refractivity contribution is 5.91. The van der Waals surface area contributed by atoms with Crippen molar-refractivity contribution in [3.63, 3.8) is 0 Å². The third-order valence-electron chi connectivity index (χ3n) is 5.70. The summed E-state index contributed by atoms with van der Waals surface area (Å²) in [5.41, 5.74) is 1.79. The molecule has 2 aromatic rings. The molecule has 1 heterocycles. The van der Waals surface area contributed by atoms with Gasteiger partial charge >= 0.3 is 11.9 Å². The van der Waals surface area contributed by atoms with Crippen molar-refractivity contribution in [1.29, 1.82) is 0 Å². The minimum Gasteiger partial charge on any atom is -0.494 e. The van der Waals surface area contributed by atoms with E-state index in [4.69, 9.17) is 18.9 Å². The molecule has 0 saturated carbocycles. The predicted molar refractivity (Wildman–Crippen MR) is 147 cm³/mol. The molecule has 1 aromatic carbocycles. The number of benzene rings is 1. The Bertz CT molecular complexity index is 989. The number of unbranched alkanes of at least 4 members (excludes halogenated alkanes) is 1. The van der Waals surface area contributed by atoms with Gasteiger partial charge in [-0.05, 0) is 77.6 Å². The van der Waals surface area contributed by atoms with Crippen molar-refractivity contribution in [3.05, 3.63) is 53.3 Å². The number of carbonyl (C=O) groups excluding carboxylic acids is 1. The number of rotatable bonds is 17. The average molecular weight is 532 g/mol. The number of aliphatic carboxylic acids is 1. The lowest BCUT2D eigenvalue weighted by atomic mass is 10.1. The molecule has 1 atom stereocenters. The first-order valence-electron chi connectivity index (χ1n) is 13.6. The second-order valence-corrected chi connectivity index (χ2v) is 10.6. The molecule has 0 saturated heterocycles. The van der Waals surface area contributed by atoms with E-state index in [1.807, 2.05) is 71.1 Å². The summed E-state index contributed by atoms with van der Waals surface area (Å²) in [4.78, 5) is 24.3. The van der Waals surface area contributed by atoms with E-state index in [0.29, 0.717) is 50.3 Å². The highest BCUT2D eigenvalue weighted by Gasteiger charge is 2.23. The Balaban J connectivity index is 1.96. The zero-order valence-corrected chi connectivity index (χ0v) is 23.8. The van der Waals surface area contributed by atoms with E-state index in [0.717, 1.165) is 30.7 Å². The zero-order chi connectivity index (χ0) is 28.1. The molecule has 0 aliphatic carbocycles. The lowest BCUT2D eigenvalue weighted by Gasteiger charge is -2.20. The maximum absolute atomic E-state index is 12.8. The second kappa shape index (κ2) is 15.5. The van der Waals surface area contributed by atoms with Gasteiger partial charge in [0, 0.05) is 31.5 Å². The number of hydrogen-bond donors (Lipinski definition) is 1. The molecule has 0 spiro atoms. The lowest BCUT2D eigenvalue weighted by molar-refractivity contribution is -0.153. The van der Waals surface area contributed by atoms with Crippen LogP contribution in [0.5, 0.6) is 5.75 Å². The second-order valence-electron chi connectivity index (χ2n) is 10.6. The van der Waals surface area contributed by atoms with Crippen LogP contribution in [0.3, 0.4) is 0 Å². The lowest BCUT2D eigenvalue weighted by Crippen LogP contribution is -2.29. The van der Waals surface area contributed by atoms with Gasteiger partial charge in [-0.15, -0.1) is 0 Å².